The summed E-state index contributed by atoms with van der Waals surface area (Å²) in [6, 6.07) is 1.88. The smallest absolute Gasteiger partial charge is 0.143 e. The largest absolute Gasteiger partial charge is 0.489 e. The monoisotopic (exact) mass is 242 g/mol. The first-order valence-electron chi connectivity index (χ1n) is 4.30. The van der Waals surface area contributed by atoms with Crippen molar-refractivity contribution in [1.82, 2.24) is 4.98 Å². The van der Waals surface area contributed by atoms with Gasteiger partial charge in [-0.1, -0.05) is 0 Å². The molecule has 0 radical (unpaired) electrons. The lowest BCUT2D eigenvalue weighted by Crippen LogP contribution is -2.00. The summed E-state index contributed by atoms with van der Waals surface area (Å²) in [6.07, 6.45) is 4.50. The van der Waals surface area contributed by atoms with E-state index < -0.39 is 0 Å². The maximum Gasteiger partial charge on any atom is 0.143 e. The second-order valence-corrected chi connectivity index (χ2v) is 3.83. The zero-order chi connectivity index (χ0) is 9.26. The SMILES string of the molecule is CNc1nccc(OC2CC2)c1Br. The molecular formula is C9H11BrN2O. The molecule has 0 amide bonds. The van der Waals surface area contributed by atoms with Crippen LogP contribution >= 0.6 is 15.9 Å². The summed E-state index contributed by atoms with van der Waals surface area (Å²) in [6.45, 7) is 0. The van der Waals surface area contributed by atoms with Crippen molar-refractivity contribution in [2.45, 2.75) is 18.9 Å². The fourth-order valence-electron chi connectivity index (χ4n) is 1.06. The van der Waals surface area contributed by atoms with Crippen molar-refractivity contribution in [3.8, 4) is 5.75 Å². The maximum absolute atomic E-state index is 5.67. The average molecular weight is 243 g/mol. The second kappa shape index (κ2) is 3.54. The number of nitrogens with one attached hydrogen (secondary N) is 1. The molecule has 0 saturated heterocycles. The highest BCUT2D eigenvalue weighted by Gasteiger charge is 2.24. The van der Waals surface area contributed by atoms with Gasteiger partial charge < -0.3 is 10.1 Å². The first-order chi connectivity index (χ1) is 6.31. The van der Waals surface area contributed by atoms with E-state index in [2.05, 4.69) is 26.2 Å². The summed E-state index contributed by atoms with van der Waals surface area (Å²) in [7, 11) is 1.84. The van der Waals surface area contributed by atoms with E-state index in [-0.39, 0.29) is 0 Å². The predicted molar refractivity (Wildman–Crippen MR) is 55.1 cm³/mol. The molecule has 3 nitrogen and oxygen atoms in total. The number of pyridine rings is 1. The molecule has 13 heavy (non-hydrogen) atoms. The third kappa shape index (κ3) is 1.94. The van der Waals surface area contributed by atoms with Crippen LogP contribution in [0.1, 0.15) is 12.8 Å². The van der Waals surface area contributed by atoms with E-state index in [1.807, 2.05) is 13.1 Å². The van der Waals surface area contributed by atoms with Crippen molar-refractivity contribution < 1.29 is 4.74 Å². The number of rotatable bonds is 3. The lowest BCUT2D eigenvalue weighted by atomic mass is 10.4. The lowest BCUT2D eigenvalue weighted by Gasteiger charge is -2.09. The first kappa shape index (κ1) is 8.81. The molecule has 0 atom stereocenters. The van der Waals surface area contributed by atoms with Crippen LogP contribution in [0.25, 0.3) is 0 Å². The van der Waals surface area contributed by atoms with Crippen LogP contribution in [-0.2, 0) is 0 Å². The average Bonchev–Trinajstić information content (AvgIpc) is 2.92. The van der Waals surface area contributed by atoms with Crippen molar-refractivity contribution in [1.29, 1.82) is 0 Å². The summed E-state index contributed by atoms with van der Waals surface area (Å²) in [5, 5.41) is 2.99. The van der Waals surface area contributed by atoms with E-state index >= 15 is 0 Å². The topological polar surface area (TPSA) is 34.2 Å². The van der Waals surface area contributed by atoms with Crippen LogP contribution in [-0.4, -0.2) is 18.1 Å². The molecule has 1 aromatic rings. The first-order valence-corrected chi connectivity index (χ1v) is 5.09. The number of nitrogens with zero attached hydrogens (tertiary/aromatic N) is 1. The molecule has 0 aliphatic heterocycles. The predicted octanol–water partition coefficient (Wildman–Crippen LogP) is 2.43. The molecule has 1 aromatic heterocycles. The molecule has 0 unspecified atom stereocenters. The molecule has 2 rings (SSSR count). The quantitative estimate of drug-likeness (QED) is 0.885. The van der Waals surface area contributed by atoms with Crippen LogP contribution in [0.5, 0.6) is 5.75 Å². The lowest BCUT2D eigenvalue weighted by molar-refractivity contribution is 0.301. The van der Waals surface area contributed by atoms with Crippen LogP contribution in [0.3, 0.4) is 0 Å². The van der Waals surface area contributed by atoms with Gasteiger partial charge in [0.1, 0.15) is 16.0 Å². The number of hydrogen-bond acceptors (Lipinski definition) is 3. The summed E-state index contributed by atoms with van der Waals surface area (Å²) in [5.41, 5.74) is 0. The van der Waals surface area contributed by atoms with Gasteiger partial charge in [-0.15, -0.1) is 0 Å². The van der Waals surface area contributed by atoms with Gasteiger partial charge in [0.15, 0.2) is 0 Å². The van der Waals surface area contributed by atoms with Gasteiger partial charge in [-0.2, -0.15) is 0 Å². The molecule has 1 aliphatic carbocycles. The minimum Gasteiger partial charge on any atom is -0.489 e. The van der Waals surface area contributed by atoms with E-state index in [0.717, 1.165) is 16.0 Å². The van der Waals surface area contributed by atoms with Gasteiger partial charge in [-0.25, -0.2) is 4.98 Å². The van der Waals surface area contributed by atoms with Gasteiger partial charge in [0, 0.05) is 13.2 Å². The van der Waals surface area contributed by atoms with Crippen molar-refractivity contribution in [2.24, 2.45) is 0 Å². The minimum atomic E-state index is 0.420. The summed E-state index contributed by atoms with van der Waals surface area (Å²) >= 11 is 3.45. The van der Waals surface area contributed by atoms with Gasteiger partial charge in [-0.05, 0) is 34.8 Å². The number of aromatic nitrogens is 1. The Morgan fingerprint density at radius 1 is 1.62 bits per heavy atom. The van der Waals surface area contributed by atoms with E-state index in [4.69, 9.17) is 4.74 Å². The van der Waals surface area contributed by atoms with Crippen molar-refractivity contribution in [3.05, 3.63) is 16.7 Å². The zero-order valence-corrected chi connectivity index (χ0v) is 8.97. The van der Waals surface area contributed by atoms with Crippen LogP contribution in [0.15, 0.2) is 16.7 Å². The number of halogens is 1. The molecule has 1 fully saturated rings. The molecule has 1 aliphatic rings. The van der Waals surface area contributed by atoms with Gasteiger partial charge >= 0.3 is 0 Å². The fourth-order valence-corrected chi connectivity index (χ4v) is 1.58. The van der Waals surface area contributed by atoms with E-state index in [0.29, 0.717) is 6.10 Å². The zero-order valence-electron chi connectivity index (χ0n) is 7.38. The molecule has 0 aromatic carbocycles. The Morgan fingerprint density at radius 3 is 3.00 bits per heavy atom. The Hall–Kier alpha value is -0.770. The second-order valence-electron chi connectivity index (χ2n) is 3.04. The van der Waals surface area contributed by atoms with E-state index in [1.165, 1.54) is 12.8 Å². The van der Waals surface area contributed by atoms with Crippen molar-refractivity contribution in [2.75, 3.05) is 12.4 Å². The van der Waals surface area contributed by atoms with Crippen molar-refractivity contribution in [3.63, 3.8) is 0 Å². The van der Waals surface area contributed by atoms with Crippen LogP contribution < -0.4 is 10.1 Å². The van der Waals surface area contributed by atoms with Crippen LogP contribution in [0.2, 0.25) is 0 Å². The highest BCUT2D eigenvalue weighted by atomic mass is 79.9. The Kier molecular flexibility index (Phi) is 2.40. The number of ether oxygens (including phenoxy) is 1. The highest BCUT2D eigenvalue weighted by Crippen LogP contribution is 2.34. The Labute approximate surface area is 85.6 Å². The fraction of sp³-hybridized carbons (Fsp3) is 0.444. The molecule has 70 valence electrons. The van der Waals surface area contributed by atoms with Crippen molar-refractivity contribution >= 4 is 21.7 Å². The molecular weight excluding hydrogens is 232 g/mol. The number of hydrogen-bond donors (Lipinski definition) is 1. The standard InChI is InChI=1S/C9H11BrN2O/c1-11-9-8(10)7(4-5-12-9)13-6-2-3-6/h4-6H,2-3H2,1H3,(H,11,12). The molecule has 0 spiro atoms. The van der Waals surface area contributed by atoms with Gasteiger partial charge in [0.25, 0.3) is 0 Å². The van der Waals surface area contributed by atoms with Gasteiger partial charge in [0.2, 0.25) is 0 Å². The third-order valence-electron chi connectivity index (χ3n) is 1.91. The van der Waals surface area contributed by atoms with Gasteiger partial charge in [-0.3, -0.25) is 0 Å². The van der Waals surface area contributed by atoms with Crippen LogP contribution in [0, 0.1) is 0 Å². The molecule has 1 N–H and O–H groups in total. The third-order valence-corrected chi connectivity index (χ3v) is 2.67. The molecule has 1 saturated carbocycles. The summed E-state index contributed by atoms with van der Waals surface area (Å²) < 4.78 is 6.58. The highest BCUT2D eigenvalue weighted by molar-refractivity contribution is 9.10. The maximum atomic E-state index is 5.67. The molecule has 0 bridgehead atoms. The normalized spacial score (nSPS) is 15.5. The molecule has 4 heteroatoms. The Bertz CT molecular complexity index is 312. The van der Waals surface area contributed by atoms with E-state index in [9.17, 15) is 0 Å². The minimum absolute atomic E-state index is 0.420. The molecule has 1 heterocycles. The Morgan fingerprint density at radius 2 is 2.38 bits per heavy atom. The summed E-state index contributed by atoms with van der Waals surface area (Å²) in [5.74, 6) is 1.69. The van der Waals surface area contributed by atoms with Crippen LogP contribution in [0.4, 0.5) is 5.82 Å². The van der Waals surface area contributed by atoms with Gasteiger partial charge in [0.05, 0.1) is 6.10 Å². The Balaban J connectivity index is 2.22. The number of anilines is 1. The van der Waals surface area contributed by atoms with E-state index in [1.54, 1.807) is 6.20 Å². The summed E-state index contributed by atoms with van der Waals surface area (Å²) in [4.78, 5) is 4.15.